The number of aliphatic hydroxyl groups excluding tert-OH is 1. The zero-order chi connectivity index (χ0) is 13.0. The van der Waals surface area contributed by atoms with Crippen molar-refractivity contribution in [2.45, 2.75) is 13.0 Å². The van der Waals surface area contributed by atoms with Crippen LogP contribution in [0.3, 0.4) is 0 Å². The fourth-order valence-corrected chi connectivity index (χ4v) is 2.63. The zero-order valence-electron chi connectivity index (χ0n) is 10.0. The number of aromatic nitrogens is 2. The van der Waals surface area contributed by atoms with Gasteiger partial charge in [-0.15, -0.1) is 0 Å². The molecule has 0 bridgehead atoms. The van der Waals surface area contributed by atoms with Gasteiger partial charge in [0.05, 0.1) is 11.5 Å². The van der Waals surface area contributed by atoms with Crippen LogP contribution in [0.15, 0.2) is 24.5 Å². The van der Waals surface area contributed by atoms with Crippen molar-refractivity contribution in [2.75, 3.05) is 18.5 Å². The van der Waals surface area contributed by atoms with E-state index in [9.17, 15) is 0 Å². The number of likely N-dealkylation sites (N-methyl/N-ethyl adjacent to an activating group) is 1. The molecule has 2 heterocycles. The Bertz CT molecular complexity index is 503. The summed E-state index contributed by atoms with van der Waals surface area (Å²) < 4.78 is 0. The van der Waals surface area contributed by atoms with E-state index >= 15 is 0 Å². The quantitative estimate of drug-likeness (QED) is 0.915. The van der Waals surface area contributed by atoms with Crippen LogP contribution in [0, 0.1) is 0 Å². The Morgan fingerprint density at radius 1 is 1.39 bits per heavy atom. The van der Waals surface area contributed by atoms with Crippen molar-refractivity contribution in [3.05, 3.63) is 40.1 Å². The van der Waals surface area contributed by atoms with Gasteiger partial charge in [-0.3, -0.25) is 4.98 Å². The van der Waals surface area contributed by atoms with E-state index in [1.54, 1.807) is 12.4 Å². The van der Waals surface area contributed by atoms with Crippen molar-refractivity contribution < 1.29 is 5.11 Å². The largest absolute Gasteiger partial charge is 0.391 e. The molecule has 0 fully saturated rings. The fourth-order valence-electron chi connectivity index (χ4n) is 1.52. The summed E-state index contributed by atoms with van der Waals surface area (Å²) in [5.74, 6) is 0. The predicted octanol–water partition coefficient (Wildman–Crippen LogP) is 2.36. The average molecular weight is 284 g/mol. The van der Waals surface area contributed by atoms with E-state index in [4.69, 9.17) is 16.7 Å². The molecule has 0 aromatic carbocycles. The molecule has 0 aliphatic carbocycles. The van der Waals surface area contributed by atoms with Gasteiger partial charge in [0.1, 0.15) is 5.15 Å². The first-order valence-corrected chi connectivity index (χ1v) is 6.76. The molecule has 4 nitrogen and oxygen atoms in total. The Hall–Kier alpha value is -1.17. The van der Waals surface area contributed by atoms with Gasteiger partial charge in [0.15, 0.2) is 5.13 Å². The Balaban J connectivity index is 1.97. The highest BCUT2D eigenvalue weighted by Gasteiger charge is 2.11. The highest BCUT2D eigenvalue weighted by Crippen LogP contribution is 2.28. The standard InChI is InChI=1S/C12H14ClN3OS/c1-16(7-4-9-2-5-14-6-3-9)12-15-11(13)10(8-17)18-12/h2-3,5-6,17H,4,7-8H2,1H3. The summed E-state index contributed by atoms with van der Waals surface area (Å²) in [6, 6.07) is 4.00. The maximum atomic E-state index is 9.08. The van der Waals surface area contributed by atoms with Crippen LogP contribution < -0.4 is 4.90 Å². The van der Waals surface area contributed by atoms with Crippen LogP contribution in [0.2, 0.25) is 5.15 Å². The van der Waals surface area contributed by atoms with Gasteiger partial charge in [-0.2, -0.15) is 0 Å². The molecule has 0 spiro atoms. The molecule has 0 radical (unpaired) electrons. The zero-order valence-corrected chi connectivity index (χ0v) is 11.6. The minimum Gasteiger partial charge on any atom is -0.391 e. The third-order valence-corrected chi connectivity index (χ3v) is 4.17. The summed E-state index contributed by atoms with van der Waals surface area (Å²) in [5, 5.41) is 10.3. The Morgan fingerprint density at radius 2 is 2.11 bits per heavy atom. The summed E-state index contributed by atoms with van der Waals surface area (Å²) in [6.45, 7) is 0.785. The van der Waals surface area contributed by atoms with E-state index in [-0.39, 0.29) is 6.61 Å². The molecule has 2 rings (SSSR count). The molecule has 0 saturated heterocycles. The number of hydrogen-bond acceptors (Lipinski definition) is 5. The van der Waals surface area contributed by atoms with Gasteiger partial charge >= 0.3 is 0 Å². The number of halogens is 1. The van der Waals surface area contributed by atoms with E-state index in [0.717, 1.165) is 18.1 Å². The fraction of sp³-hybridized carbons (Fsp3) is 0.333. The highest BCUT2D eigenvalue weighted by atomic mass is 35.5. The van der Waals surface area contributed by atoms with Crippen LogP contribution in [-0.2, 0) is 13.0 Å². The summed E-state index contributed by atoms with van der Waals surface area (Å²) in [5.41, 5.74) is 1.24. The Morgan fingerprint density at radius 3 is 2.72 bits per heavy atom. The van der Waals surface area contributed by atoms with Crippen molar-refractivity contribution in [3.8, 4) is 0 Å². The first kappa shape index (κ1) is 13.3. The van der Waals surface area contributed by atoms with Gasteiger partial charge in [0.2, 0.25) is 0 Å². The normalized spacial score (nSPS) is 10.6. The second-order valence-electron chi connectivity index (χ2n) is 3.90. The van der Waals surface area contributed by atoms with Gasteiger partial charge in [0.25, 0.3) is 0 Å². The van der Waals surface area contributed by atoms with E-state index in [1.165, 1.54) is 16.9 Å². The van der Waals surface area contributed by atoms with Crippen molar-refractivity contribution in [1.82, 2.24) is 9.97 Å². The number of nitrogens with zero attached hydrogens (tertiary/aromatic N) is 3. The molecule has 0 unspecified atom stereocenters. The molecule has 2 aromatic heterocycles. The van der Waals surface area contributed by atoms with E-state index in [2.05, 4.69) is 9.97 Å². The minimum absolute atomic E-state index is 0.0608. The first-order valence-electron chi connectivity index (χ1n) is 5.57. The molecule has 0 aliphatic rings. The molecule has 1 N–H and O–H groups in total. The monoisotopic (exact) mass is 283 g/mol. The number of anilines is 1. The smallest absolute Gasteiger partial charge is 0.186 e. The summed E-state index contributed by atoms with van der Waals surface area (Å²) in [4.78, 5) is 11.0. The van der Waals surface area contributed by atoms with Crippen LogP contribution in [0.4, 0.5) is 5.13 Å². The lowest BCUT2D eigenvalue weighted by Gasteiger charge is -2.15. The number of pyridine rings is 1. The van der Waals surface area contributed by atoms with Crippen molar-refractivity contribution in [1.29, 1.82) is 0 Å². The molecular formula is C12H14ClN3OS. The van der Waals surface area contributed by atoms with Gasteiger partial charge in [-0.05, 0) is 24.1 Å². The van der Waals surface area contributed by atoms with Gasteiger partial charge in [-0.1, -0.05) is 22.9 Å². The molecule has 6 heteroatoms. The third kappa shape index (κ3) is 3.19. The van der Waals surface area contributed by atoms with E-state index in [0.29, 0.717) is 10.0 Å². The number of thiazole rings is 1. The number of hydrogen-bond donors (Lipinski definition) is 1. The van der Waals surface area contributed by atoms with Crippen LogP contribution in [0.25, 0.3) is 0 Å². The molecule has 2 aromatic rings. The molecule has 18 heavy (non-hydrogen) atoms. The number of rotatable bonds is 5. The lowest BCUT2D eigenvalue weighted by Crippen LogP contribution is -2.19. The second kappa shape index (κ2) is 6.13. The third-order valence-electron chi connectivity index (χ3n) is 2.59. The Kier molecular flexibility index (Phi) is 4.52. The van der Waals surface area contributed by atoms with Crippen molar-refractivity contribution in [3.63, 3.8) is 0 Å². The minimum atomic E-state index is -0.0608. The molecular weight excluding hydrogens is 270 g/mol. The van der Waals surface area contributed by atoms with Crippen LogP contribution in [0.1, 0.15) is 10.4 Å². The lowest BCUT2D eigenvalue weighted by atomic mass is 10.2. The lowest BCUT2D eigenvalue weighted by molar-refractivity contribution is 0.285. The van der Waals surface area contributed by atoms with E-state index in [1.807, 2.05) is 24.1 Å². The van der Waals surface area contributed by atoms with Crippen molar-refractivity contribution in [2.24, 2.45) is 0 Å². The average Bonchev–Trinajstić information content (AvgIpc) is 2.78. The van der Waals surface area contributed by atoms with Crippen LogP contribution in [-0.4, -0.2) is 28.7 Å². The van der Waals surface area contributed by atoms with E-state index < -0.39 is 0 Å². The maximum Gasteiger partial charge on any atom is 0.186 e. The Labute approximate surface area is 115 Å². The topological polar surface area (TPSA) is 49.2 Å². The maximum absolute atomic E-state index is 9.08. The van der Waals surface area contributed by atoms with Crippen molar-refractivity contribution >= 4 is 28.1 Å². The van der Waals surface area contributed by atoms with Crippen LogP contribution >= 0.6 is 22.9 Å². The second-order valence-corrected chi connectivity index (χ2v) is 5.32. The first-order chi connectivity index (χ1) is 8.70. The molecule has 96 valence electrons. The molecule has 0 amide bonds. The number of aliphatic hydroxyl groups is 1. The van der Waals surface area contributed by atoms with Gasteiger partial charge in [-0.25, -0.2) is 4.98 Å². The highest BCUT2D eigenvalue weighted by molar-refractivity contribution is 7.16. The predicted molar refractivity (Wildman–Crippen MR) is 74.3 cm³/mol. The van der Waals surface area contributed by atoms with Gasteiger partial charge in [0, 0.05) is 26.0 Å². The van der Waals surface area contributed by atoms with Gasteiger partial charge < -0.3 is 10.0 Å². The molecule has 0 aliphatic heterocycles. The molecule has 0 atom stereocenters. The molecule has 0 saturated carbocycles. The summed E-state index contributed by atoms with van der Waals surface area (Å²) in [6.07, 6.45) is 4.50. The SMILES string of the molecule is CN(CCc1ccncc1)c1nc(Cl)c(CO)s1. The summed E-state index contributed by atoms with van der Waals surface area (Å²) >= 11 is 7.33. The summed E-state index contributed by atoms with van der Waals surface area (Å²) in [7, 11) is 1.97. The van der Waals surface area contributed by atoms with Crippen LogP contribution in [0.5, 0.6) is 0 Å².